The van der Waals surface area contributed by atoms with Crippen molar-refractivity contribution in [3.8, 4) is 5.75 Å². The minimum absolute atomic E-state index is 0.492. The van der Waals surface area contributed by atoms with Crippen LogP contribution in [-0.2, 0) is 0 Å². The Morgan fingerprint density at radius 2 is 1.48 bits per heavy atom. The molecule has 0 radical (unpaired) electrons. The first-order valence-corrected chi connectivity index (χ1v) is 9.96. The minimum atomic E-state index is 0.492. The quantitative estimate of drug-likeness (QED) is 0.375. The number of phenolic OH excluding ortho intramolecular Hbond substituents is 1. The molecule has 1 nitrogen and oxygen atoms in total. The Morgan fingerprint density at radius 1 is 0.826 bits per heavy atom. The summed E-state index contributed by atoms with van der Waals surface area (Å²) in [6.45, 7) is 6.92. The second-order valence-corrected chi connectivity index (χ2v) is 7.30. The Hall–Kier alpha value is -0.980. The minimum Gasteiger partial charge on any atom is -0.508 e. The molecule has 0 aliphatic rings. The van der Waals surface area contributed by atoms with Crippen LogP contribution in [0.1, 0.15) is 103 Å². The third-order valence-electron chi connectivity index (χ3n) is 5.02. The molecule has 0 saturated carbocycles. The molecule has 132 valence electrons. The number of hydrogen-bond donors (Lipinski definition) is 1. The number of phenols is 1. The molecule has 0 heterocycles. The molecule has 1 aromatic carbocycles. The summed E-state index contributed by atoms with van der Waals surface area (Å²) in [6, 6.07) is 7.98. The fourth-order valence-electron chi connectivity index (χ4n) is 3.56. The second kappa shape index (κ2) is 12.4. The Bertz CT molecular complexity index is 399. The van der Waals surface area contributed by atoms with E-state index in [1.807, 2.05) is 12.1 Å². The zero-order chi connectivity index (χ0) is 16.9. The molecule has 1 rings (SSSR count). The van der Waals surface area contributed by atoms with Crippen molar-refractivity contribution < 1.29 is 5.11 Å². The van der Waals surface area contributed by atoms with Crippen molar-refractivity contribution in [3.05, 3.63) is 29.8 Å². The van der Waals surface area contributed by atoms with E-state index in [-0.39, 0.29) is 0 Å². The standard InChI is InChI=1S/C22H38O/c1-4-6-8-9-10-11-15-20(18-19(3)14-7-5-2)21-16-12-13-17-22(21)23/h12-13,16-17,19-20,23H,4-11,14-15,18H2,1-3H3/t19-,20?/m1/s1. The van der Waals surface area contributed by atoms with E-state index in [9.17, 15) is 5.11 Å². The average molecular weight is 319 g/mol. The lowest BCUT2D eigenvalue weighted by molar-refractivity contribution is 0.389. The van der Waals surface area contributed by atoms with Gasteiger partial charge in [-0.3, -0.25) is 0 Å². The molecule has 0 aliphatic carbocycles. The van der Waals surface area contributed by atoms with Crippen LogP contribution in [0, 0.1) is 5.92 Å². The average Bonchev–Trinajstić information content (AvgIpc) is 2.55. The van der Waals surface area contributed by atoms with Crippen LogP contribution in [-0.4, -0.2) is 5.11 Å². The van der Waals surface area contributed by atoms with Crippen LogP contribution in [0.5, 0.6) is 5.75 Å². The highest BCUT2D eigenvalue weighted by atomic mass is 16.3. The van der Waals surface area contributed by atoms with Crippen LogP contribution in [0.15, 0.2) is 24.3 Å². The van der Waals surface area contributed by atoms with Gasteiger partial charge in [-0.2, -0.15) is 0 Å². The fourth-order valence-corrected chi connectivity index (χ4v) is 3.56. The third kappa shape index (κ3) is 8.44. The molecular weight excluding hydrogens is 280 g/mol. The van der Waals surface area contributed by atoms with Crippen LogP contribution in [0.4, 0.5) is 0 Å². The largest absolute Gasteiger partial charge is 0.508 e. The van der Waals surface area contributed by atoms with Crippen LogP contribution >= 0.6 is 0 Å². The maximum Gasteiger partial charge on any atom is 0.119 e. The molecule has 1 N–H and O–H groups in total. The molecule has 23 heavy (non-hydrogen) atoms. The van der Waals surface area contributed by atoms with Gasteiger partial charge in [-0.25, -0.2) is 0 Å². The van der Waals surface area contributed by atoms with Gasteiger partial charge in [-0.05, 0) is 36.3 Å². The Labute approximate surface area is 144 Å². The van der Waals surface area contributed by atoms with Gasteiger partial charge in [-0.1, -0.05) is 96.8 Å². The molecule has 0 fully saturated rings. The van der Waals surface area contributed by atoms with Crippen molar-refractivity contribution in [3.63, 3.8) is 0 Å². The molecule has 0 aromatic heterocycles. The lowest BCUT2D eigenvalue weighted by Crippen LogP contribution is -2.06. The van der Waals surface area contributed by atoms with Crippen molar-refractivity contribution >= 4 is 0 Å². The predicted octanol–water partition coefficient (Wildman–Crippen LogP) is 7.44. The molecule has 0 aliphatic heterocycles. The van der Waals surface area contributed by atoms with E-state index in [0.717, 1.165) is 5.92 Å². The van der Waals surface area contributed by atoms with Crippen molar-refractivity contribution in [2.24, 2.45) is 5.92 Å². The van der Waals surface area contributed by atoms with E-state index in [1.54, 1.807) is 0 Å². The van der Waals surface area contributed by atoms with E-state index in [4.69, 9.17) is 0 Å². The van der Waals surface area contributed by atoms with Gasteiger partial charge in [0.25, 0.3) is 0 Å². The number of para-hydroxylation sites is 1. The molecule has 1 heteroatoms. The number of hydrogen-bond acceptors (Lipinski definition) is 1. The summed E-state index contributed by atoms with van der Waals surface area (Å²) in [7, 11) is 0. The number of benzene rings is 1. The van der Waals surface area contributed by atoms with Gasteiger partial charge in [-0.15, -0.1) is 0 Å². The highest BCUT2D eigenvalue weighted by Gasteiger charge is 2.17. The van der Waals surface area contributed by atoms with Crippen LogP contribution < -0.4 is 0 Å². The van der Waals surface area contributed by atoms with Gasteiger partial charge >= 0.3 is 0 Å². The smallest absolute Gasteiger partial charge is 0.119 e. The summed E-state index contributed by atoms with van der Waals surface area (Å²) in [5.41, 5.74) is 1.17. The van der Waals surface area contributed by atoms with Crippen molar-refractivity contribution in [2.45, 2.75) is 97.3 Å². The summed E-state index contributed by atoms with van der Waals surface area (Å²) in [5.74, 6) is 1.76. The Kier molecular flexibility index (Phi) is 10.9. The lowest BCUT2D eigenvalue weighted by Gasteiger charge is -2.22. The zero-order valence-corrected chi connectivity index (χ0v) is 15.7. The monoisotopic (exact) mass is 318 g/mol. The van der Waals surface area contributed by atoms with E-state index in [0.29, 0.717) is 11.7 Å². The summed E-state index contributed by atoms with van der Waals surface area (Å²) < 4.78 is 0. The SMILES string of the molecule is CCCCCCCCC(C[C@H](C)CCCC)c1ccccc1O. The normalized spacial score (nSPS) is 13.9. The number of aromatic hydroxyl groups is 1. The first-order chi connectivity index (χ1) is 11.2. The van der Waals surface area contributed by atoms with Gasteiger partial charge in [0.2, 0.25) is 0 Å². The molecule has 0 amide bonds. The Balaban J connectivity index is 2.53. The fraction of sp³-hybridized carbons (Fsp3) is 0.727. The lowest BCUT2D eigenvalue weighted by atomic mass is 9.83. The van der Waals surface area contributed by atoms with Gasteiger partial charge in [0.05, 0.1) is 0 Å². The van der Waals surface area contributed by atoms with Gasteiger partial charge in [0, 0.05) is 0 Å². The summed E-state index contributed by atoms with van der Waals surface area (Å²) in [4.78, 5) is 0. The molecule has 1 unspecified atom stereocenters. The van der Waals surface area contributed by atoms with Gasteiger partial charge in [0.15, 0.2) is 0 Å². The molecular formula is C22H38O. The topological polar surface area (TPSA) is 20.2 Å². The third-order valence-corrected chi connectivity index (χ3v) is 5.02. The van der Waals surface area contributed by atoms with E-state index >= 15 is 0 Å². The molecule has 2 atom stereocenters. The first kappa shape index (κ1) is 20.1. The summed E-state index contributed by atoms with van der Waals surface area (Å²) in [6.07, 6.45) is 14.4. The maximum absolute atomic E-state index is 10.2. The summed E-state index contributed by atoms with van der Waals surface area (Å²) >= 11 is 0. The van der Waals surface area contributed by atoms with Crippen molar-refractivity contribution in [1.82, 2.24) is 0 Å². The van der Waals surface area contributed by atoms with E-state index in [2.05, 4.69) is 32.9 Å². The number of unbranched alkanes of at least 4 members (excludes halogenated alkanes) is 6. The highest BCUT2D eigenvalue weighted by molar-refractivity contribution is 5.34. The van der Waals surface area contributed by atoms with Gasteiger partial charge < -0.3 is 5.11 Å². The van der Waals surface area contributed by atoms with E-state index < -0.39 is 0 Å². The van der Waals surface area contributed by atoms with Crippen molar-refractivity contribution in [1.29, 1.82) is 0 Å². The van der Waals surface area contributed by atoms with Crippen LogP contribution in [0.2, 0.25) is 0 Å². The number of rotatable bonds is 13. The molecule has 0 bridgehead atoms. The molecule has 1 aromatic rings. The zero-order valence-electron chi connectivity index (χ0n) is 15.7. The van der Waals surface area contributed by atoms with Crippen LogP contribution in [0.25, 0.3) is 0 Å². The maximum atomic E-state index is 10.2. The van der Waals surface area contributed by atoms with Crippen LogP contribution in [0.3, 0.4) is 0 Å². The first-order valence-electron chi connectivity index (χ1n) is 9.96. The van der Waals surface area contributed by atoms with Gasteiger partial charge in [0.1, 0.15) is 5.75 Å². The second-order valence-electron chi connectivity index (χ2n) is 7.30. The highest BCUT2D eigenvalue weighted by Crippen LogP contribution is 2.35. The van der Waals surface area contributed by atoms with Crippen molar-refractivity contribution in [2.75, 3.05) is 0 Å². The Morgan fingerprint density at radius 3 is 2.17 bits per heavy atom. The molecule has 0 saturated heterocycles. The predicted molar refractivity (Wildman–Crippen MR) is 102 cm³/mol. The van der Waals surface area contributed by atoms with E-state index in [1.165, 1.54) is 76.2 Å². The summed E-state index contributed by atoms with van der Waals surface area (Å²) in [5, 5.41) is 10.2. The molecule has 0 spiro atoms.